The van der Waals surface area contributed by atoms with Crippen molar-refractivity contribution in [2.24, 2.45) is 40.5 Å². The molecule has 16 heteroatoms. The fraction of sp³-hybridized carbons (Fsp3) is 0.559. The summed E-state index contributed by atoms with van der Waals surface area (Å²) in [5.41, 5.74) is 8.85. The molecular weight excluding hydrogens is 706 g/mol. The SMILES string of the molecule is CC(C)C(N)C(=O)OCONc1c2cc(S(=O)(=O)N3C[C@H](C)C[C@H](C)C3)ccc2c(N=O)c2ccc(S(=O)(=O)N3C[C@H](C)C[C@H](C)C3)cc12.Cl. The first kappa shape index (κ1) is 39.9. The van der Waals surface area contributed by atoms with Gasteiger partial charge in [-0.15, -0.1) is 17.3 Å². The van der Waals surface area contributed by atoms with Gasteiger partial charge >= 0.3 is 5.97 Å². The maximum absolute atomic E-state index is 14.0. The lowest BCUT2D eigenvalue weighted by atomic mass is 9.94. The molecule has 3 N–H and O–H groups in total. The Kier molecular flexibility index (Phi) is 12.6. The molecule has 2 saturated heterocycles. The zero-order valence-corrected chi connectivity index (χ0v) is 31.7. The molecule has 3 aromatic carbocycles. The maximum Gasteiger partial charge on any atom is 0.325 e. The molecule has 5 rings (SSSR count). The lowest BCUT2D eigenvalue weighted by Gasteiger charge is -2.34. The molecule has 50 heavy (non-hydrogen) atoms. The van der Waals surface area contributed by atoms with Crippen LogP contribution in [-0.2, 0) is 34.4 Å². The third kappa shape index (κ3) is 8.09. The number of rotatable bonds is 11. The van der Waals surface area contributed by atoms with E-state index < -0.39 is 38.9 Å². The number of carbonyl (C=O) groups is 1. The van der Waals surface area contributed by atoms with Crippen LogP contribution in [-0.4, -0.2) is 70.4 Å². The molecule has 3 aromatic rings. The first-order valence-corrected chi connectivity index (χ1v) is 19.6. The lowest BCUT2D eigenvalue weighted by Crippen LogP contribution is -2.42. The topological polar surface area (TPSA) is 178 Å². The van der Waals surface area contributed by atoms with Crippen molar-refractivity contribution in [2.75, 3.05) is 38.5 Å². The Hall–Kier alpha value is -2.92. The van der Waals surface area contributed by atoms with Gasteiger partial charge in [0, 0.05) is 47.7 Å². The van der Waals surface area contributed by atoms with Crippen LogP contribution >= 0.6 is 12.4 Å². The Balaban J connectivity index is 0.00000562. The number of esters is 1. The molecule has 0 bridgehead atoms. The summed E-state index contributed by atoms with van der Waals surface area (Å²) in [6, 6.07) is 7.92. The summed E-state index contributed by atoms with van der Waals surface area (Å²) < 4.78 is 63.9. The second-order valence-corrected chi connectivity index (χ2v) is 18.2. The van der Waals surface area contributed by atoms with E-state index in [0.29, 0.717) is 37.0 Å². The number of nitroso groups, excluding NO2 is 1. The molecular formula is C34H48ClN5O8S2. The highest BCUT2D eigenvalue weighted by molar-refractivity contribution is 7.89. The standard InChI is InChI=1S/C34H47N5O8S2.ClH/c1-20(2)31(35)34(40)46-19-47-37-33-29-13-25(48(42,43)38-15-21(3)11-22(4)16-38)7-9-27(29)32(36-41)28-10-8-26(14-30(28)33)49(44,45)39-17-23(5)12-24(6)18-39;/h7-10,13-14,20-24,31,37H,11-12,15-19,35H2,1-6H3;1H/t21-,22+,23-,24+,31?;. The van der Waals surface area contributed by atoms with Crippen LogP contribution in [0.2, 0.25) is 0 Å². The van der Waals surface area contributed by atoms with Gasteiger partial charge in [0.25, 0.3) is 0 Å². The average Bonchev–Trinajstić information content (AvgIpc) is 3.04. The number of nitrogens with two attached hydrogens (primary N) is 1. The predicted molar refractivity (Wildman–Crippen MR) is 196 cm³/mol. The Morgan fingerprint density at radius 1 is 0.820 bits per heavy atom. The third-order valence-electron chi connectivity index (χ3n) is 9.49. The second-order valence-electron chi connectivity index (χ2n) is 14.4. The van der Waals surface area contributed by atoms with E-state index in [9.17, 15) is 26.5 Å². The number of hydrogen-bond donors (Lipinski definition) is 2. The molecule has 0 aliphatic carbocycles. The van der Waals surface area contributed by atoms with E-state index in [0.717, 1.165) is 12.8 Å². The smallest absolute Gasteiger partial charge is 0.325 e. The monoisotopic (exact) mass is 753 g/mol. The molecule has 0 spiro atoms. The van der Waals surface area contributed by atoms with E-state index in [2.05, 4.69) is 10.7 Å². The summed E-state index contributed by atoms with van der Waals surface area (Å²) in [5.74, 6) is -0.137. The van der Waals surface area contributed by atoms with Crippen LogP contribution in [0.4, 0.5) is 11.4 Å². The van der Waals surface area contributed by atoms with Gasteiger partial charge in [0.2, 0.25) is 26.8 Å². The van der Waals surface area contributed by atoms with Crippen molar-refractivity contribution < 1.29 is 31.2 Å². The van der Waals surface area contributed by atoms with Gasteiger partial charge in [-0.05, 0) is 71.9 Å². The van der Waals surface area contributed by atoms with Crippen LogP contribution in [0.3, 0.4) is 0 Å². The third-order valence-corrected chi connectivity index (χ3v) is 13.1. The predicted octanol–water partition coefficient (Wildman–Crippen LogP) is 5.97. The minimum absolute atomic E-state index is 0. The number of fused-ring (bicyclic) bond motifs is 2. The molecule has 1 unspecified atom stereocenters. The van der Waals surface area contributed by atoms with Crippen molar-refractivity contribution in [3.05, 3.63) is 41.3 Å². The molecule has 0 amide bonds. The highest BCUT2D eigenvalue weighted by Crippen LogP contribution is 2.44. The molecule has 5 atom stereocenters. The number of anilines is 1. The van der Waals surface area contributed by atoms with E-state index >= 15 is 0 Å². The molecule has 13 nitrogen and oxygen atoms in total. The Morgan fingerprint density at radius 2 is 1.24 bits per heavy atom. The van der Waals surface area contributed by atoms with E-state index in [1.165, 1.54) is 45.0 Å². The highest BCUT2D eigenvalue weighted by atomic mass is 35.5. The Labute approximate surface area is 300 Å². The minimum atomic E-state index is -3.95. The zero-order valence-electron chi connectivity index (χ0n) is 29.3. The molecule has 276 valence electrons. The van der Waals surface area contributed by atoms with Gasteiger partial charge in [0.1, 0.15) is 11.7 Å². The summed E-state index contributed by atoms with van der Waals surface area (Å²) in [6.45, 7) is 12.6. The summed E-state index contributed by atoms with van der Waals surface area (Å²) in [6.07, 6.45) is 1.84. The summed E-state index contributed by atoms with van der Waals surface area (Å²) in [4.78, 5) is 30.3. The Bertz CT molecular complexity index is 1820. The summed E-state index contributed by atoms with van der Waals surface area (Å²) in [7, 11) is -7.90. The number of nitrogens with one attached hydrogen (secondary N) is 1. The van der Waals surface area contributed by atoms with Crippen LogP contribution < -0.4 is 11.2 Å². The quantitative estimate of drug-likeness (QED) is 0.0592. The van der Waals surface area contributed by atoms with Gasteiger partial charge in [-0.25, -0.2) is 21.7 Å². The first-order chi connectivity index (χ1) is 23.0. The molecule has 2 aliphatic rings. The fourth-order valence-corrected chi connectivity index (χ4v) is 10.6. The number of halogens is 1. The minimum Gasteiger partial charge on any atom is -0.435 e. The van der Waals surface area contributed by atoms with Gasteiger partial charge in [0.15, 0.2) is 0 Å². The number of nitrogens with zero attached hydrogens (tertiary/aromatic N) is 3. The van der Waals surface area contributed by atoms with Gasteiger partial charge in [-0.2, -0.15) is 8.61 Å². The van der Waals surface area contributed by atoms with Crippen molar-refractivity contribution in [3.63, 3.8) is 0 Å². The van der Waals surface area contributed by atoms with Crippen LogP contribution in [0.5, 0.6) is 0 Å². The van der Waals surface area contributed by atoms with Gasteiger partial charge < -0.3 is 10.5 Å². The normalized spacial score (nSPS) is 23.0. The molecule has 2 heterocycles. The highest BCUT2D eigenvalue weighted by Gasteiger charge is 2.34. The number of sulfonamides is 2. The number of ether oxygens (including phenoxy) is 1. The van der Waals surface area contributed by atoms with E-state index in [4.69, 9.17) is 15.3 Å². The average molecular weight is 754 g/mol. The van der Waals surface area contributed by atoms with Crippen LogP contribution in [0, 0.1) is 34.5 Å². The van der Waals surface area contributed by atoms with Gasteiger partial charge in [-0.3, -0.25) is 10.3 Å². The lowest BCUT2D eigenvalue weighted by molar-refractivity contribution is -0.156. The van der Waals surface area contributed by atoms with Crippen molar-refractivity contribution in [1.82, 2.24) is 8.61 Å². The van der Waals surface area contributed by atoms with Gasteiger partial charge in [-0.1, -0.05) is 53.7 Å². The zero-order chi connectivity index (χ0) is 35.8. The van der Waals surface area contributed by atoms with Crippen LogP contribution in [0.25, 0.3) is 21.5 Å². The van der Waals surface area contributed by atoms with Crippen molar-refractivity contribution >= 4 is 71.3 Å². The molecule has 0 saturated carbocycles. The van der Waals surface area contributed by atoms with Crippen molar-refractivity contribution in [3.8, 4) is 0 Å². The molecule has 2 aliphatic heterocycles. The van der Waals surface area contributed by atoms with E-state index in [1.54, 1.807) is 13.8 Å². The van der Waals surface area contributed by atoms with Crippen LogP contribution in [0.15, 0.2) is 51.4 Å². The number of carbonyl (C=O) groups excluding carboxylic acids is 1. The van der Waals surface area contributed by atoms with Crippen LogP contribution in [0.1, 0.15) is 54.4 Å². The van der Waals surface area contributed by atoms with E-state index in [-0.39, 0.29) is 73.9 Å². The first-order valence-electron chi connectivity index (χ1n) is 16.7. The Morgan fingerprint density at radius 3 is 1.62 bits per heavy atom. The summed E-state index contributed by atoms with van der Waals surface area (Å²) >= 11 is 0. The summed E-state index contributed by atoms with van der Waals surface area (Å²) in [5, 5.41) is 4.45. The number of piperidine rings is 2. The second kappa shape index (κ2) is 15.8. The molecule has 0 radical (unpaired) electrons. The van der Waals surface area contributed by atoms with Crippen molar-refractivity contribution in [1.29, 1.82) is 0 Å². The maximum atomic E-state index is 14.0. The fourth-order valence-electron chi connectivity index (χ4n) is 7.15. The van der Waals surface area contributed by atoms with E-state index in [1.807, 2.05) is 27.7 Å². The number of benzene rings is 3. The molecule has 2 fully saturated rings. The largest absolute Gasteiger partial charge is 0.435 e. The van der Waals surface area contributed by atoms with Gasteiger partial charge in [0.05, 0.1) is 15.5 Å². The number of hydrogen-bond acceptors (Lipinski definition) is 11. The molecule has 0 aromatic heterocycles. The van der Waals surface area contributed by atoms with Crippen molar-refractivity contribution in [2.45, 2.75) is 70.2 Å².